The molecule has 0 saturated heterocycles. The molecule has 3 N–H and O–H groups in total. The van der Waals surface area contributed by atoms with Gasteiger partial charge in [-0.1, -0.05) is 49.4 Å². The van der Waals surface area contributed by atoms with Crippen LogP contribution in [0, 0.1) is 0 Å². The molecule has 2 unspecified atom stereocenters. The first-order valence-corrected chi connectivity index (χ1v) is 5.78. The summed E-state index contributed by atoms with van der Waals surface area (Å²) in [6.07, 6.45) is 0. The topological polar surface area (TPSA) is 46.2 Å². The minimum absolute atomic E-state index is 0.0574. The van der Waals surface area contributed by atoms with Crippen LogP contribution >= 0.6 is 0 Å². The fourth-order valence-electron chi connectivity index (χ4n) is 1.95. The van der Waals surface area contributed by atoms with Crippen LogP contribution in [0.2, 0.25) is 0 Å². The SMILES string of the molecule is CC(c1ccccc1)C(N)c1ccc(O)cc1. The highest BCUT2D eigenvalue weighted by Crippen LogP contribution is 2.28. The van der Waals surface area contributed by atoms with E-state index in [0.717, 1.165) is 5.56 Å². The summed E-state index contributed by atoms with van der Waals surface area (Å²) in [4.78, 5) is 0. The number of phenolic OH excluding ortho intramolecular Hbond substituents is 1. The maximum Gasteiger partial charge on any atom is 0.115 e. The van der Waals surface area contributed by atoms with Crippen molar-refractivity contribution < 1.29 is 5.11 Å². The van der Waals surface area contributed by atoms with E-state index in [2.05, 4.69) is 19.1 Å². The van der Waals surface area contributed by atoms with Crippen molar-refractivity contribution in [2.24, 2.45) is 5.73 Å². The summed E-state index contributed by atoms with van der Waals surface area (Å²) in [5, 5.41) is 9.25. The van der Waals surface area contributed by atoms with Gasteiger partial charge < -0.3 is 10.8 Å². The van der Waals surface area contributed by atoms with Gasteiger partial charge in [0.25, 0.3) is 0 Å². The third kappa shape index (κ3) is 2.66. The Morgan fingerprint density at radius 3 is 2.06 bits per heavy atom. The molecule has 0 spiro atoms. The van der Waals surface area contributed by atoms with E-state index in [1.54, 1.807) is 12.1 Å². The lowest BCUT2D eigenvalue weighted by Gasteiger charge is -2.20. The molecule has 2 aromatic rings. The first-order valence-electron chi connectivity index (χ1n) is 5.78. The van der Waals surface area contributed by atoms with Gasteiger partial charge in [-0.25, -0.2) is 0 Å². The molecule has 0 aliphatic heterocycles. The van der Waals surface area contributed by atoms with Gasteiger partial charge in [-0.05, 0) is 23.3 Å². The Morgan fingerprint density at radius 2 is 1.47 bits per heavy atom. The standard InChI is InChI=1S/C15H17NO/c1-11(12-5-3-2-4-6-12)15(16)13-7-9-14(17)10-8-13/h2-11,15,17H,16H2,1H3. The number of rotatable bonds is 3. The molecular formula is C15H17NO. The smallest absolute Gasteiger partial charge is 0.115 e. The number of hydrogen-bond donors (Lipinski definition) is 2. The summed E-state index contributed by atoms with van der Waals surface area (Å²) < 4.78 is 0. The van der Waals surface area contributed by atoms with Crippen LogP contribution in [-0.2, 0) is 0 Å². The maximum absolute atomic E-state index is 9.25. The van der Waals surface area contributed by atoms with E-state index in [4.69, 9.17) is 5.73 Å². The Bertz CT molecular complexity index is 464. The molecule has 2 heteroatoms. The van der Waals surface area contributed by atoms with Gasteiger partial charge in [0.1, 0.15) is 5.75 Å². The third-order valence-corrected chi connectivity index (χ3v) is 3.14. The van der Waals surface area contributed by atoms with Gasteiger partial charge in [0.05, 0.1) is 0 Å². The molecule has 2 atom stereocenters. The van der Waals surface area contributed by atoms with Crippen molar-refractivity contribution >= 4 is 0 Å². The van der Waals surface area contributed by atoms with E-state index in [9.17, 15) is 5.11 Å². The quantitative estimate of drug-likeness (QED) is 0.845. The molecule has 0 saturated carbocycles. The lowest BCUT2D eigenvalue weighted by molar-refractivity contribution is 0.474. The summed E-state index contributed by atoms with van der Waals surface area (Å²) in [5.41, 5.74) is 8.51. The molecule has 0 amide bonds. The van der Waals surface area contributed by atoms with Crippen molar-refractivity contribution in [3.05, 3.63) is 65.7 Å². The van der Waals surface area contributed by atoms with Crippen LogP contribution in [0.4, 0.5) is 0 Å². The monoisotopic (exact) mass is 227 g/mol. The molecule has 2 nitrogen and oxygen atoms in total. The highest BCUT2D eigenvalue weighted by Gasteiger charge is 2.16. The van der Waals surface area contributed by atoms with Gasteiger partial charge in [0.15, 0.2) is 0 Å². The molecule has 0 heterocycles. The summed E-state index contributed by atoms with van der Waals surface area (Å²) >= 11 is 0. The van der Waals surface area contributed by atoms with Gasteiger partial charge >= 0.3 is 0 Å². The average molecular weight is 227 g/mol. The third-order valence-electron chi connectivity index (χ3n) is 3.14. The minimum Gasteiger partial charge on any atom is -0.508 e. The number of phenols is 1. The fourth-order valence-corrected chi connectivity index (χ4v) is 1.95. The van der Waals surface area contributed by atoms with E-state index in [0.29, 0.717) is 0 Å². The van der Waals surface area contributed by atoms with Gasteiger partial charge in [0, 0.05) is 12.0 Å². The lowest BCUT2D eigenvalue weighted by Crippen LogP contribution is -2.17. The zero-order valence-electron chi connectivity index (χ0n) is 9.88. The van der Waals surface area contributed by atoms with Gasteiger partial charge in [-0.3, -0.25) is 0 Å². The van der Waals surface area contributed by atoms with E-state index in [1.807, 2.05) is 30.3 Å². The summed E-state index contributed by atoms with van der Waals surface area (Å²) in [7, 11) is 0. The average Bonchev–Trinajstić information content (AvgIpc) is 2.39. The molecule has 0 bridgehead atoms. The van der Waals surface area contributed by atoms with Crippen LogP contribution in [-0.4, -0.2) is 5.11 Å². The molecular weight excluding hydrogens is 210 g/mol. The van der Waals surface area contributed by atoms with E-state index >= 15 is 0 Å². The zero-order valence-corrected chi connectivity index (χ0v) is 9.88. The first-order chi connectivity index (χ1) is 8.18. The lowest BCUT2D eigenvalue weighted by atomic mass is 9.89. The predicted octanol–water partition coefficient (Wildman–Crippen LogP) is 3.20. The highest BCUT2D eigenvalue weighted by molar-refractivity contribution is 5.31. The second-order valence-corrected chi connectivity index (χ2v) is 4.32. The van der Waals surface area contributed by atoms with Crippen molar-refractivity contribution in [3.63, 3.8) is 0 Å². The van der Waals surface area contributed by atoms with Gasteiger partial charge in [-0.2, -0.15) is 0 Å². The molecule has 17 heavy (non-hydrogen) atoms. The molecule has 2 rings (SSSR count). The molecule has 0 aromatic heterocycles. The van der Waals surface area contributed by atoms with Crippen LogP contribution in [0.5, 0.6) is 5.75 Å². The minimum atomic E-state index is -0.0574. The molecule has 88 valence electrons. The second-order valence-electron chi connectivity index (χ2n) is 4.32. The van der Waals surface area contributed by atoms with Crippen molar-refractivity contribution in [1.29, 1.82) is 0 Å². The number of benzene rings is 2. The van der Waals surface area contributed by atoms with Crippen LogP contribution in [0.3, 0.4) is 0 Å². The molecule has 0 aliphatic rings. The number of aromatic hydroxyl groups is 1. The van der Waals surface area contributed by atoms with Gasteiger partial charge in [-0.15, -0.1) is 0 Å². The number of hydrogen-bond acceptors (Lipinski definition) is 2. The Labute approximate surface area is 102 Å². The summed E-state index contributed by atoms with van der Waals surface area (Å²) in [5.74, 6) is 0.522. The van der Waals surface area contributed by atoms with E-state index < -0.39 is 0 Å². The summed E-state index contributed by atoms with van der Waals surface area (Å²) in [6, 6.07) is 17.3. The van der Waals surface area contributed by atoms with Crippen LogP contribution in [0.15, 0.2) is 54.6 Å². The van der Waals surface area contributed by atoms with E-state index in [1.165, 1.54) is 5.56 Å². The predicted molar refractivity (Wildman–Crippen MR) is 69.9 cm³/mol. The van der Waals surface area contributed by atoms with E-state index in [-0.39, 0.29) is 17.7 Å². The Morgan fingerprint density at radius 1 is 0.882 bits per heavy atom. The van der Waals surface area contributed by atoms with Crippen LogP contribution in [0.25, 0.3) is 0 Å². The van der Waals surface area contributed by atoms with Crippen LogP contribution < -0.4 is 5.73 Å². The first kappa shape index (κ1) is 11.7. The summed E-state index contributed by atoms with van der Waals surface area (Å²) in [6.45, 7) is 2.12. The van der Waals surface area contributed by atoms with Crippen molar-refractivity contribution in [2.45, 2.75) is 18.9 Å². The maximum atomic E-state index is 9.25. The van der Waals surface area contributed by atoms with Crippen molar-refractivity contribution in [1.82, 2.24) is 0 Å². The molecule has 2 aromatic carbocycles. The number of nitrogens with two attached hydrogens (primary N) is 1. The van der Waals surface area contributed by atoms with Crippen LogP contribution in [0.1, 0.15) is 30.0 Å². The largest absolute Gasteiger partial charge is 0.508 e. The van der Waals surface area contributed by atoms with Crippen molar-refractivity contribution in [2.75, 3.05) is 0 Å². The Kier molecular flexibility index (Phi) is 3.45. The van der Waals surface area contributed by atoms with Gasteiger partial charge in [0.2, 0.25) is 0 Å². The fraction of sp³-hybridized carbons (Fsp3) is 0.200. The molecule has 0 fully saturated rings. The normalized spacial score (nSPS) is 14.2. The molecule has 0 radical (unpaired) electrons. The highest BCUT2D eigenvalue weighted by atomic mass is 16.3. The zero-order chi connectivity index (χ0) is 12.3. The van der Waals surface area contributed by atoms with Crippen molar-refractivity contribution in [3.8, 4) is 5.75 Å². The Hall–Kier alpha value is -1.80. The Balaban J connectivity index is 2.20. The molecule has 0 aliphatic carbocycles. The second kappa shape index (κ2) is 5.02.